The highest BCUT2D eigenvalue weighted by Gasteiger charge is 2.46. The molecular formula is C14H24O2. The van der Waals surface area contributed by atoms with Gasteiger partial charge >= 0.3 is 0 Å². The van der Waals surface area contributed by atoms with E-state index in [0.717, 1.165) is 25.4 Å². The lowest BCUT2D eigenvalue weighted by atomic mass is 9.69. The van der Waals surface area contributed by atoms with Crippen LogP contribution < -0.4 is 0 Å². The molecule has 3 rings (SSSR count). The second-order valence-electron chi connectivity index (χ2n) is 6.33. The van der Waals surface area contributed by atoms with Crippen LogP contribution in [-0.4, -0.2) is 23.4 Å². The molecule has 0 aromatic rings. The number of aliphatic hydroxyl groups is 1. The standard InChI is InChI=1S/C14H24O2/c1-10(11-3-4-11)13(15)12-5-8-16-14(9-12)6-2-7-14/h10-13,15H,2-9H2,1H3. The van der Waals surface area contributed by atoms with Crippen LogP contribution in [0.4, 0.5) is 0 Å². The molecule has 2 aliphatic carbocycles. The molecule has 2 saturated carbocycles. The number of rotatable bonds is 3. The SMILES string of the molecule is CC(C1CC1)C(O)C1CCOC2(CCC2)C1. The molecule has 1 saturated heterocycles. The quantitative estimate of drug-likeness (QED) is 0.798. The average Bonchev–Trinajstić information content (AvgIpc) is 3.09. The Labute approximate surface area is 98.4 Å². The van der Waals surface area contributed by atoms with Gasteiger partial charge in [-0.25, -0.2) is 0 Å². The van der Waals surface area contributed by atoms with Crippen molar-refractivity contribution >= 4 is 0 Å². The molecule has 3 fully saturated rings. The van der Waals surface area contributed by atoms with Crippen LogP contribution in [0.25, 0.3) is 0 Å². The Morgan fingerprint density at radius 3 is 2.50 bits per heavy atom. The minimum Gasteiger partial charge on any atom is -0.393 e. The first-order valence-electron chi connectivity index (χ1n) is 7.02. The highest BCUT2D eigenvalue weighted by Crippen LogP contribution is 2.47. The van der Waals surface area contributed by atoms with Crippen molar-refractivity contribution in [3.63, 3.8) is 0 Å². The number of ether oxygens (including phenoxy) is 1. The van der Waals surface area contributed by atoms with E-state index in [4.69, 9.17) is 4.74 Å². The summed E-state index contributed by atoms with van der Waals surface area (Å²) in [6, 6.07) is 0. The zero-order valence-electron chi connectivity index (χ0n) is 10.3. The van der Waals surface area contributed by atoms with Gasteiger partial charge < -0.3 is 9.84 Å². The van der Waals surface area contributed by atoms with Gasteiger partial charge in [0.2, 0.25) is 0 Å². The fourth-order valence-electron chi connectivity index (χ4n) is 3.61. The van der Waals surface area contributed by atoms with Gasteiger partial charge in [-0.1, -0.05) is 6.92 Å². The van der Waals surface area contributed by atoms with Crippen LogP contribution in [-0.2, 0) is 4.74 Å². The third-order valence-corrected chi connectivity index (χ3v) is 5.18. The molecule has 2 nitrogen and oxygen atoms in total. The van der Waals surface area contributed by atoms with Crippen molar-refractivity contribution in [3.05, 3.63) is 0 Å². The summed E-state index contributed by atoms with van der Waals surface area (Å²) in [5, 5.41) is 10.4. The lowest BCUT2D eigenvalue weighted by Gasteiger charge is -2.48. The van der Waals surface area contributed by atoms with Gasteiger partial charge in [-0.3, -0.25) is 0 Å². The molecule has 3 aliphatic rings. The molecule has 1 aliphatic heterocycles. The van der Waals surface area contributed by atoms with Crippen molar-refractivity contribution in [1.29, 1.82) is 0 Å². The van der Waals surface area contributed by atoms with E-state index in [1.54, 1.807) is 0 Å². The first-order valence-corrected chi connectivity index (χ1v) is 7.02. The molecule has 0 amide bonds. The normalized spacial score (nSPS) is 36.8. The molecule has 1 spiro atoms. The first kappa shape index (κ1) is 11.0. The second-order valence-corrected chi connectivity index (χ2v) is 6.33. The van der Waals surface area contributed by atoms with E-state index in [0.29, 0.717) is 11.8 Å². The maximum absolute atomic E-state index is 10.4. The van der Waals surface area contributed by atoms with Crippen molar-refractivity contribution in [2.24, 2.45) is 17.8 Å². The summed E-state index contributed by atoms with van der Waals surface area (Å²) in [6.45, 7) is 3.12. The fourth-order valence-corrected chi connectivity index (χ4v) is 3.61. The Hall–Kier alpha value is -0.0800. The molecule has 0 aromatic carbocycles. The number of hydrogen-bond acceptors (Lipinski definition) is 2. The van der Waals surface area contributed by atoms with Crippen molar-refractivity contribution in [3.8, 4) is 0 Å². The van der Waals surface area contributed by atoms with Crippen LogP contribution in [0, 0.1) is 17.8 Å². The van der Waals surface area contributed by atoms with Crippen molar-refractivity contribution in [1.82, 2.24) is 0 Å². The molecule has 1 heterocycles. The zero-order valence-corrected chi connectivity index (χ0v) is 10.3. The van der Waals surface area contributed by atoms with Crippen LogP contribution in [0.15, 0.2) is 0 Å². The van der Waals surface area contributed by atoms with Gasteiger partial charge in [0.1, 0.15) is 0 Å². The summed E-state index contributed by atoms with van der Waals surface area (Å²) >= 11 is 0. The van der Waals surface area contributed by atoms with Gasteiger partial charge in [0.05, 0.1) is 11.7 Å². The van der Waals surface area contributed by atoms with E-state index in [-0.39, 0.29) is 11.7 Å². The molecule has 3 atom stereocenters. The van der Waals surface area contributed by atoms with Gasteiger partial charge in [0.25, 0.3) is 0 Å². The molecule has 0 aromatic heterocycles. The number of hydrogen-bond donors (Lipinski definition) is 1. The Morgan fingerprint density at radius 2 is 1.94 bits per heavy atom. The van der Waals surface area contributed by atoms with E-state index in [9.17, 15) is 5.11 Å². The molecule has 3 unspecified atom stereocenters. The maximum atomic E-state index is 10.4. The molecule has 92 valence electrons. The minimum atomic E-state index is -0.0751. The Bertz CT molecular complexity index is 255. The van der Waals surface area contributed by atoms with E-state index in [1.165, 1.54) is 32.1 Å². The third-order valence-electron chi connectivity index (χ3n) is 5.18. The molecular weight excluding hydrogens is 200 g/mol. The Balaban J connectivity index is 1.60. The molecule has 0 bridgehead atoms. The van der Waals surface area contributed by atoms with E-state index >= 15 is 0 Å². The summed E-state index contributed by atoms with van der Waals surface area (Å²) in [6.07, 6.45) is 8.57. The Morgan fingerprint density at radius 1 is 1.19 bits per heavy atom. The van der Waals surface area contributed by atoms with Crippen LogP contribution in [0.2, 0.25) is 0 Å². The van der Waals surface area contributed by atoms with Gasteiger partial charge in [-0.05, 0) is 62.7 Å². The first-order chi connectivity index (χ1) is 7.70. The summed E-state index contributed by atoms with van der Waals surface area (Å²) in [7, 11) is 0. The fraction of sp³-hybridized carbons (Fsp3) is 1.00. The van der Waals surface area contributed by atoms with Crippen molar-refractivity contribution < 1.29 is 9.84 Å². The molecule has 16 heavy (non-hydrogen) atoms. The monoisotopic (exact) mass is 224 g/mol. The third kappa shape index (κ3) is 1.91. The number of aliphatic hydroxyl groups excluding tert-OH is 1. The summed E-state index contributed by atoms with van der Waals surface area (Å²) in [5.41, 5.74) is 0.188. The summed E-state index contributed by atoms with van der Waals surface area (Å²) < 4.78 is 5.93. The predicted molar refractivity (Wildman–Crippen MR) is 63.2 cm³/mol. The summed E-state index contributed by atoms with van der Waals surface area (Å²) in [4.78, 5) is 0. The molecule has 2 heteroatoms. The zero-order chi connectivity index (χ0) is 11.2. The van der Waals surface area contributed by atoms with Crippen LogP contribution in [0.3, 0.4) is 0 Å². The highest BCUT2D eigenvalue weighted by molar-refractivity contribution is 4.97. The lowest BCUT2D eigenvalue weighted by molar-refractivity contribution is -0.161. The van der Waals surface area contributed by atoms with Crippen LogP contribution in [0.1, 0.15) is 51.9 Å². The second kappa shape index (κ2) is 3.99. The minimum absolute atomic E-state index is 0.0751. The van der Waals surface area contributed by atoms with Gasteiger partial charge in [0.15, 0.2) is 0 Å². The van der Waals surface area contributed by atoms with Crippen molar-refractivity contribution in [2.45, 2.75) is 63.6 Å². The van der Waals surface area contributed by atoms with Gasteiger partial charge in [-0.15, -0.1) is 0 Å². The molecule has 1 N–H and O–H groups in total. The van der Waals surface area contributed by atoms with Gasteiger partial charge in [0, 0.05) is 6.61 Å². The van der Waals surface area contributed by atoms with Crippen LogP contribution >= 0.6 is 0 Å². The smallest absolute Gasteiger partial charge is 0.0686 e. The van der Waals surface area contributed by atoms with E-state index in [2.05, 4.69) is 6.92 Å². The lowest BCUT2D eigenvalue weighted by Crippen LogP contribution is -2.48. The average molecular weight is 224 g/mol. The van der Waals surface area contributed by atoms with E-state index in [1.807, 2.05) is 0 Å². The highest BCUT2D eigenvalue weighted by atomic mass is 16.5. The molecule has 0 radical (unpaired) electrons. The summed E-state index contributed by atoms with van der Waals surface area (Å²) in [5.74, 6) is 1.83. The maximum Gasteiger partial charge on any atom is 0.0686 e. The van der Waals surface area contributed by atoms with E-state index < -0.39 is 0 Å². The largest absolute Gasteiger partial charge is 0.393 e. The van der Waals surface area contributed by atoms with Crippen molar-refractivity contribution in [2.75, 3.05) is 6.61 Å². The van der Waals surface area contributed by atoms with Crippen LogP contribution in [0.5, 0.6) is 0 Å². The predicted octanol–water partition coefficient (Wildman–Crippen LogP) is 2.74. The topological polar surface area (TPSA) is 29.5 Å². The van der Waals surface area contributed by atoms with Gasteiger partial charge in [-0.2, -0.15) is 0 Å². The Kier molecular flexibility index (Phi) is 2.75.